The molecule has 0 saturated carbocycles. The molecule has 0 spiro atoms. The lowest BCUT2D eigenvalue weighted by Crippen LogP contribution is -2.43. The van der Waals surface area contributed by atoms with E-state index in [1.54, 1.807) is 76.5 Å². The number of benzene rings is 4. The smallest absolute Gasteiger partial charge is 0.320 e. The molecule has 0 aliphatic rings. The van der Waals surface area contributed by atoms with Crippen LogP contribution in [0.3, 0.4) is 0 Å². The van der Waals surface area contributed by atoms with Gasteiger partial charge in [0, 0.05) is 74.4 Å². The van der Waals surface area contributed by atoms with Crippen molar-refractivity contribution >= 4 is 79.9 Å². The van der Waals surface area contributed by atoms with Gasteiger partial charge in [-0.05, 0) is 50.2 Å². The van der Waals surface area contributed by atoms with Crippen molar-refractivity contribution in [3.05, 3.63) is 106 Å². The number of carbonyl (C=O) groups is 2. The van der Waals surface area contributed by atoms with Crippen LogP contribution in [-0.2, 0) is 32.2 Å². The van der Waals surface area contributed by atoms with Gasteiger partial charge in [0.1, 0.15) is 41.8 Å². The maximum atomic E-state index is 14.4. The van der Waals surface area contributed by atoms with Crippen LogP contribution in [0.5, 0.6) is 11.5 Å². The normalized spacial score (nSPS) is 12.2. The minimum atomic E-state index is -0.942. The summed E-state index contributed by atoms with van der Waals surface area (Å²) in [6, 6.07) is 15.3. The number of methoxy groups -OCH3 is 4. The van der Waals surface area contributed by atoms with Crippen LogP contribution in [0.1, 0.15) is 25.0 Å². The van der Waals surface area contributed by atoms with E-state index in [2.05, 4.69) is 30.6 Å². The quantitative estimate of drug-likeness (QED) is 0.0583. The van der Waals surface area contributed by atoms with Crippen LogP contribution in [0.4, 0.5) is 31.8 Å². The molecule has 16 nitrogen and oxygen atoms in total. The topological polar surface area (TPSA) is 199 Å². The number of ether oxygens (including phenoxy) is 4. The second-order valence-electron chi connectivity index (χ2n) is 14.3. The Balaban J connectivity index is 0.000000241. The number of primary amides is 1. The summed E-state index contributed by atoms with van der Waals surface area (Å²) in [6.45, 7) is 5.71. The van der Waals surface area contributed by atoms with Crippen LogP contribution in [0.2, 0.25) is 10.0 Å². The third-order valence-electron chi connectivity index (χ3n) is 10.3. The number of aliphatic carboxylic acids is 1. The zero-order valence-corrected chi connectivity index (χ0v) is 37.5. The molecule has 0 aliphatic carbocycles. The number of anilines is 4. The molecule has 0 aliphatic heterocycles. The van der Waals surface area contributed by atoms with E-state index < -0.39 is 35.6 Å². The number of hydrogen-bond donors (Lipinski definition) is 4. The highest BCUT2D eigenvalue weighted by molar-refractivity contribution is 6.31. The SMILES string of the molecule is COCCN(Cc1cc2c(Nc3cccc(Cl)c3F)ncnc2cc1OC)[C@@H](C)C(=O)O.COCCN(Cc1cc2c(Nc3cccc(Cl)c3F)ncnc2cc1OC)[C@@H](C)C(N)=O. The number of rotatable bonds is 20. The lowest BCUT2D eigenvalue weighted by atomic mass is 10.1. The van der Waals surface area contributed by atoms with Gasteiger partial charge in [-0.3, -0.25) is 19.4 Å². The van der Waals surface area contributed by atoms with Gasteiger partial charge in [-0.2, -0.15) is 0 Å². The van der Waals surface area contributed by atoms with E-state index in [9.17, 15) is 23.5 Å². The molecule has 5 N–H and O–H groups in total. The molecule has 64 heavy (non-hydrogen) atoms. The predicted molar refractivity (Wildman–Crippen MR) is 242 cm³/mol. The molecule has 340 valence electrons. The first-order valence-electron chi connectivity index (χ1n) is 19.7. The standard InChI is InChI=1S/C22H25ClFN5O3.C22H24ClFN4O4/c1-13(21(25)30)29(7-8-31-2)11-14-9-15-18(10-19(14)32-3)26-12-27-22(15)28-17-6-4-5-16(23)20(17)24;1-13(22(29)30)28(7-8-31-2)11-14-9-15-18(10-19(14)32-3)25-12-26-21(15)27-17-6-4-5-16(23)20(17)24/h4-6,9-10,12-13H,7-8,11H2,1-3H3,(H2,25,30)(H,26,27,28);4-6,9-10,12-13H,7-8,11H2,1-3H3,(H,29,30)(H,25,26,27)/t2*13-/m00/s1. The van der Waals surface area contributed by atoms with E-state index in [0.29, 0.717) is 77.8 Å². The van der Waals surface area contributed by atoms with E-state index in [1.165, 1.54) is 31.9 Å². The first kappa shape index (κ1) is 49.0. The van der Waals surface area contributed by atoms with Gasteiger partial charge >= 0.3 is 5.97 Å². The number of hydrogen-bond acceptors (Lipinski definition) is 14. The summed E-state index contributed by atoms with van der Waals surface area (Å²) in [4.78, 5) is 44.2. The fourth-order valence-electron chi connectivity index (χ4n) is 6.55. The molecule has 0 saturated heterocycles. The molecule has 2 heterocycles. The number of carboxylic acid groups (broad SMARTS) is 1. The molecule has 6 rings (SSSR count). The third kappa shape index (κ3) is 12.2. The van der Waals surface area contributed by atoms with Crippen molar-refractivity contribution in [1.29, 1.82) is 0 Å². The van der Waals surface area contributed by atoms with Crippen molar-refractivity contribution in [3.8, 4) is 11.5 Å². The van der Waals surface area contributed by atoms with E-state index in [0.717, 1.165) is 11.1 Å². The minimum absolute atomic E-state index is 0.00458. The maximum Gasteiger partial charge on any atom is 0.320 e. The van der Waals surface area contributed by atoms with Gasteiger partial charge in [-0.15, -0.1) is 0 Å². The molecule has 6 aromatic rings. The Morgan fingerprint density at radius 1 is 0.703 bits per heavy atom. The number of carbonyl (C=O) groups excluding carboxylic acids is 1. The Morgan fingerprint density at radius 2 is 1.12 bits per heavy atom. The fraction of sp³-hybridized carbons (Fsp3) is 0.318. The van der Waals surface area contributed by atoms with Crippen LogP contribution in [0.15, 0.2) is 73.3 Å². The number of fused-ring (bicyclic) bond motifs is 2. The first-order valence-corrected chi connectivity index (χ1v) is 20.5. The highest BCUT2D eigenvalue weighted by atomic mass is 35.5. The molecule has 0 bridgehead atoms. The molecule has 2 atom stereocenters. The summed E-state index contributed by atoms with van der Waals surface area (Å²) >= 11 is 11.8. The molecule has 0 unspecified atom stereocenters. The van der Waals surface area contributed by atoms with Gasteiger partial charge in [0.05, 0.1) is 65.9 Å². The molecule has 0 radical (unpaired) electrons. The summed E-state index contributed by atoms with van der Waals surface area (Å²) < 4.78 is 50.2. The van der Waals surface area contributed by atoms with E-state index in [4.69, 9.17) is 47.9 Å². The molecular weight excluding hydrogens is 875 g/mol. The molecular formula is C44H49Cl2F2N9O7. The highest BCUT2D eigenvalue weighted by Gasteiger charge is 2.24. The van der Waals surface area contributed by atoms with Gasteiger partial charge in [0.2, 0.25) is 5.91 Å². The van der Waals surface area contributed by atoms with Crippen LogP contribution in [-0.4, -0.2) is 114 Å². The number of nitrogens with two attached hydrogens (primary N) is 1. The Hall–Kier alpha value is -6.02. The third-order valence-corrected chi connectivity index (χ3v) is 10.8. The summed E-state index contributed by atoms with van der Waals surface area (Å²) in [5.41, 5.74) is 8.61. The monoisotopic (exact) mass is 923 g/mol. The lowest BCUT2D eigenvalue weighted by molar-refractivity contribution is -0.143. The molecule has 1 amide bonds. The van der Waals surface area contributed by atoms with Crippen LogP contribution in [0.25, 0.3) is 21.8 Å². The zero-order chi connectivity index (χ0) is 46.5. The van der Waals surface area contributed by atoms with Crippen molar-refractivity contribution in [2.75, 3.05) is 65.4 Å². The summed E-state index contributed by atoms with van der Waals surface area (Å²) in [7, 11) is 6.24. The van der Waals surface area contributed by atoms with E-state index >= 15 is 0 Å². The van der Waals surface area contributed by atoms with Crippen molar-refractivity contribution < 1.29 is 42.4 Å². The molecule has 2 aromatic heterocycles. The number of halogens is 4. The second-order valence-corrected chi connectivity index (χ2v) is 15.1. The highest BCUT2D eigenvalue weighted by Crippen LogP contribution is 2.34. The van der Waals surface area contributed by atoms with Gasteiger partial charge in [-0.25, -0.2) is 28.7 Å². The largest absolute Gasteiger partial charge is 0.496 e. The molecule has 0 fully saturated rings. The maximum absolute atomic E-state index is 14.4. The van der Waals surface area contributed by atoms with Gasteiger partial charge in [0.25, 0.3) is 0 Å². The van der Waals surface area contributed by atoms with E-state index in [-0.39, 0.29) is 28.0 Å². The number of carboxylic acids is 1. The van der Waals surface area contributed by atoms with Gasteiger partial charge in [-0.1, -0.05) is 35.3 Å². The summed E-state index contributed by atoms with van der Waals surface area (Å²) in [5.74, 6) is -0.607. The molecule has 4 aromatic carbocycles. The van der Waals surface area contributed by atoms with Crippen molar-refractivity contribution in [2.45, 2.75) is 39.0 Å². The van der Waals surface area contributed by atoms with Crippen molar-refractivity contribution in [1.82, 2.24) is 29.7 Å². The van der Waals surface area contributed by atoms with Crippen LogP contribution < -0.4 is 25.8 Å². The predicted octanol–water partition coefficient (Wildman–Crippen LogP) is 7.59. The van der Waals surface area contributed by atoms with E-state index in [1.807, 2.05) is 17.0 Å². The number of nitrogens with zero attached hydrogens (tertiary/aromatic N) is 6. The second kappa shape index (κ2) is 23.1. The average molecular weight is 925 g/mol. The minimum Gasteiger partial charge on any atom is -0.496 e. The van der Waals surface area contributed by atoms with Crippen molar-refractivity contribution in [3.63, 3.8) is 0 Å². The molecule has 20 heteroatoms. The Labute approximate surface area is 378 Å². The van der Waals surface area contributed by atoms with Gasteiger partial charge in [0.15, 0.2) is 11.6 Å². The van der Waals surface area contributed by atoms with Crippen molar-refractivity contribution in [2.24, 2.45) is 5.73 Å². The zero-order valence-electron chi connectivity index (χ0n) is 36.0. The number of nitrogens with one attached hydrogen (secondary N) is 2. The Morgan fingerprint density at radius 3 is 1.50 bits per heavy atom. The van der Waals surface area contributed by atoms with Gasteiger partial charge < -0.3 is 40.4 Å². The number of amides is 1. The first-order chi connectivity index (χ1) is 30.7. The Kier molecular flexibility index (Phi) is 17.7. The van der Waals surface area contributed by atoms with Crippen LogP contribution in [0, 0.1) is 11.6 Å². The average Bonchev–Trinajstić information content (AvgIpc) is 3.28. The fourth-order valence-corrected chi connectivity index (χ4v) is 6.90. The van der Waals surface area contributed by atoms with Crippen LogP contribution >= 0.6 is 23.2 Å². The lowest BCUT2D eigenvalue weighted by Gasteiger charge is -2.27. The summed E-state index contributed by atoms with van der Waals surface area (Å²) in [6.07, 6.45) is 2.75. The Bertz CT molecular complexity index is 2400. The summed E-state index contributed by atoms with van der Waals surface area (Å²) in [5, 5.41) is 16.7. The number of aromatic nitrogens is 4.